The largest absolute Gasteiger partial charge is 0.333 e. The monoisotopic (exact) mass is 509 g/mol. The number of aryl methyl sites for hydroxylation is 2. The Bertz CT molecular complexity index is 1760. The van der Waals surface area contributed by atoms with Gasteiger partial charge in [0, 0.05) is 16.0 Å². The Morgan fingerprint density at radius 2 is 1.68 bits per heavy atom. The lowest BCUT2D eigenvalue weighted by Crippen LogP contribution is -2.43. The second-order valence-corrected chi connectivity index (χ2v) is 10.7. The normalized spacial score (nSPS) is 14.0. The van der Waals surface area contributed by atoms with Crippen LogP contribution in [0.15, 0.2) is 82.4 Å². The van der Waals surface area contributed by atoms with E-state index in [1.54, 1.807) is 0 Å². The molecule has 1 N–H and O–H groups in total. The summed E-state index contributed by atoms with van der Waals surface area (Å²) in [6.07, 6.45) is 3.82. The molecular formula is C30H27N3O3S. The SMILES string of the molecule is CC(c1ccccc1)n1c(=O)c2c3c(sc2n(CC(=O)Nc2cccc4ccccc24)c1=O)CCCC3. The molecular weight excluding hydrogens is 482 g/mol. The van der Waals surface area contributed by atoms with E-state index in [0.29, 0.717) is 15.9 Å². The molecule has 6 rings (SSSR count). The summed E-state index contributed by atoms with van der Waals surface area (Å²) in [4.78, 5) is 42.8. The van der Waals surface area contributed by atoms with E-state index in [-0.39, 0.29) is 18.0 Å². The van der Waals surface area contributed by atoms with Gasteiger partial charge in [-0.2, -0.15) is 0 Å². The minimum Gasteiger partial charge on any atom is -0.324 e. The van der Waals surface area contributed by atoms with Gasteiger partial charge >= 0.3 is 5.69 Å². The highest BCUT2D eigenvalue weighted by atomic mass is 32.1. The summed E-state index contributed by atoms with van der Waals surface area (Å²) in [7, 11) is 0. The summed E-state index contributed by atoms with van der Waals surface area (Å²) in [5, 5.41) is 5.56. The number of benzene rings is 3. The number of fused-ring (bicyclic) bond motifs is 4. The molecule has 0 bridgehead atoms. The number of nitrogens with zero attached hydrogens (tertiary/aromatic N) is 2. The third-order valence-electron chi connectivity index (χ3n) is 7.30. The molecule has 0 saturated heterocycles. The van der Waals surface area contributed by atoms with Crippen LogP contribution in [0, 0.1) is 0 Å². The lowest BCUT2D eigenvalue weighted by molar-refractivity contribution is -0.116. The number of hydrogen-bond donors (Lipinski definition) is 1. The molecule has 1 aliphatic carbocycles. The molecule has 1 aliphatic rings. The zero-order chi connectivity index (χ0) is 25.5. The van der Waals surface area contributed by atoms with Gasteiger partial charge in [0.15, 0.2) is 0 Å². The maximum Gasteiger partial charge on any atom is 0.333 e. The second kappa shape index (κ2) is 9.48. The fourth-order valence-corrected chi connectivity index (χ4v) is 6.79. The Morgan fingerprint density at radius 1 is 0.946 bits per heavy atom. The van der Waals surface area contributed by atoms with Crippen molar-refractivity contribution in [1.29, 1.82) is 0 Å². The maximum absolute atomic E-state index is 13.9. The van der Waals surface area contributed by atoms with Gasteiger partial charge in [-0.15, -0.1) is 11.3 Å². The van der Waals surface area contributed by atoms with Gasteiger partial charge in [-0.1, -0.05) is 66.7 Å². The molecule has 0 radical (unpaired) electrons. The van der Waals surface area contributed by atoms with Crippen molar-refractivity contribution in [2.75, 3.05) is 5.32 Å². The number of nitrogens with one attached hydrogen (secondary N) is 1. The van der Waals surface area contributed by atoms with Crippen molar-refractivity contribution in [3.05, 3.63) is 110 Å². The van der Waals surface area contributed by atoms with Crippen molar-refractivity contribution in [3.63, 3.8) is 0 Å². The minimum atomic E-state index is -0.461. The average Bonchev–Trinajstić information content (AvgIpc) is 3.32. The van der Waals surface area contributed by atoms with Gasteiger partial charge in [0.1, 0.15) is 11.4 Å². The van der Waals surface area contributed by atoms with Gasteiger partial charge in [-0.25, -0.2) is 4.79 Å². The topological polar surface area (TPSA) is 73.1 Å². The summed E-state index contributed by atoms with van der Waals surface area (Å²) in [5.74, 6) is -0.302. The van der Waals surface area contributed by atoms with Crippen molar-refractivity contribution in [2.45, 2.75) is 45.2 Å². The second-order valence-electron chi connectivity index (χ2n) is 9.60. The number of hydrogen-bond acceptors (Lipinski definition) is 4. The number of anilines is 1. The van der Waals surface area contributed by atoms with Crippen LogP contribution >= 0.6 is 11.3 Å². The molecule has 0 saturated carbocycles. The molecule has 0 aliphatic heterocycles. The van der Waals surface area contributed by atoms with Gasteiger partial charge in [-0.05, 0) is 55.2 Å². The molecule has 2 heterocycles. The van der Waals surface area contributed by atoms with Crippen LogP contribution in [-0.4, -0.2) is 15.0 Å². The van der Waals surface area contributed by atoms with E-state index in [2.05, 4.69) is 5.32 Å². The van der Waals surface area contributed by atoms with Crippen LogP contribution in [0.5, 0.6) is 0 Å². The Balaban J connectivity index is 1.48. The third kappa shape index (κ3) is 4.09. The molecule has 1 atom stereocenters. The highest BCUT2D eigenvalue weighted by molar-refractivity contribution is 7.18. The van der Waals surface area contributed by atoms with Crippen LogP contribution < -0.4 is 16.6 Å². The zero-order valence-electron chi connectivity index (χ0n) is 20.6. The lowest BCUT2D eigenvalue weighted by atomic mass is 9.97. The zero-order valence-corrected chi connectivity index (χ0v) is 21.4. The predicted octanol–water partition coefficient (Wildman–Crippen LogP) is 5.50. The van der Waals surface area contributed by atoms with E-state index < -0.39 is 11.7 Å². The maximum atomic E-state index is 13.9. The first-order chi connectivity index (χ1) is 18.0. The summed E-state index contributed by atoms with van der Waals surface area (Å²) in [5.41, 5.74) is 1.90. The summed E-state index contributed by atoms with van der Waals surface area (Å²) in [6.45, 7) is 1.70. The van der Waals surface area contributed by atoms with Crippen LogP contribution in [0.4, 0.5) is 5.69 Å². The van der Waals surface area contributed by atoms with E-state index in [9.17, 15) is 14.4 Å². The molecule has 5 aromatic rings. The fraction of sp³-hybridized carbons (Fsp3) is 0.233. The van der Waals surface area contributed by atoms with Crippen LogP contribution in [-0.2, 0) is 24.2 Å². The Kier molecular flexibility index (Phi) is 6.00. The molecule has 3 aromatic carbocycles. The summed E-state index contributed by atoms with van der Waals surface area (Å²) < 4.78 is 2.82. The van der Waals surface area contributed by atoms with Crippen LogP contribution in [0.3, 0.4) is 0 Å². The molecule has 1 unspecified atom stereocenters. The van der Waals surface area contributed by atoms with Gasteiger partial charge in [0.2, 0.25) is 5.91 Å². The van der Waals surface area contributed by atoms with E-state index in [0.717, 1.165) is 52.5 Å². The number of carbonyl (C=O) groups excluding carboxylic acids is 1. The quantitative estimate of drug-likeness (QED) is 0.340. The molecule has 37 heavy (non-hydrogen) atoms. The van der Waals surface area contributed by atoms with E-state index in [1.807, 2.05) is 79.7 Å². The highest BCUT2D eigenvalue weighted by Crippen LogP contribution is 2.34. The van der Waals surface area contributed by atoms with Crippen molar-refractivity contribution in [3.8, 4) is 0 Å². The smallest absolute Gasteiger partial charge is 0.324 e. The number of thiophene rings is 1. The van der Waals surface area contributed by atoms with Gasteiger partial charge in [0.25, 0.3) is 5.56 Å². The van der Waals surface area contributed by atoms with Crippen molar-refractivity contribution in [2.24, 2.45) is 0 Å². The van der Waals surface area contributed by atoms with Crippen LogP contribution in [0.25, 0.3) is 21.0 Å². The lowest BCUT2D eigenvalue weighted by Gasteiger charge is -2.18. The molecule has 2 aromatic heterocycles. The van der Waals surface area contributed by atoms with Crippen molar-refractivity contribution in [1.82, 2.24) is 9.13 Å². The molecule has 0 fully saturated rings. The molecule has 186 valence electrons. The van der Waals surface area contributed by atoms with Gasteiger partial charge in [0.05, 0.1) is 11.4 Å². The fourth-order valence-electron chi connectivity index (χ4n) is 5.42. The number of rotatable bonds is 5. The van der Waals surface area contributed by atoms with Crippen LogP contribution in [0.1, 0.15) is 41.8 Å². The first kappa shape index (κ1) is 23.4. The molecule has 0 spiro atoms. The van der Waals surface area contributed by atoms with Crippen LogP contribution in [0.2, 0.25) is 0 Å². The Hall–Kier alpha value is -3.97. The summed E-state index contributed by atoms with van der Waals surface area (Å²) in [6, 6.07) is 22.7. The highest BCUT2D eigenvalue weighted by Gasteiger charge is 2.26. The summed E-state index contributed by atoms with van der Waals surface area (Å²) >= 11 is 1.49. The molecule has 7 heteroatoms. The van der Waals surface area contributed by atoms with Gasteiger partial charge in [-0.3, -0.25) is 18.7 Å². The van der Waals surface area contributed by atoms with E-state index >= 15 is 0 Å². The standard InChI is InChI=1S/C30H27N3O3S/c1-19(20-10-3-2-4-11-20)33-28(35)27-23-15-7-8-17-25(23)37-29(27)32(30(33)36)18-26(34)31-24-16-9-13-21-12-5-6-14-22(21)24/h2-6,9-14,16,19H,7-8,15,17-18H2,1H3,(H,31,34). The number of carbonyl (C=O) groups is 1. The number of amides is 1. The number of aromatic nitrogens is 2. The Labute approximate surface area is 217 Å². The molecule has 6 nitrogen and oxygen atoms in total. The molecule has 1 amide bonds. The predicted molar refractivity (Wildman–Crippen MR) is 150 cm³/mol. The van der Waals surface area contributed by atoms with E-state index in [1.165, 1.54) is 20.5 Å². The van der Waals surface area contributed by atoms with E-state index in [4.69, 9.17) is 0 Å². The first-order valence-electron chi connectivity index (χ1n) is 12.6. The average molecular weight is 510 g/mol. The van der Waals surface area contributed by atoms with Crippen molar-refractivity contribution >= 4 is 43.9 Å². The minimum absolute atomic E-state index is 0.167. The van der Waals surface area contributed by atoms with Gasteiger partial charge < -0.3 is 5.32 Å². The Morgan fingerprint density at radius 3 is 2.51 bits per heavy atom. The first-order valence-corrected chi connectivity index (χ1v) is 13.5. The third-order valence-corrected chi connectivity index (χ3v) is 8.62. The van der Waals surface area contributed by atoms with Crippen molar-refractivity contribution < 1.29 is 4.79 Å².